The maximum absolute atomic E-state index is 11.8. The van der Waals surface area contributed by atoms with E-state index in [1.807, 2.05) is 31.2 Å². The van der Waals surface area contributed by atoms with Crippen molar-refractivity contribution in [2.45, 2.75) is 19.8 Å². The highest BCUT2D eigenvalue weighted by Crippen LogP contribution is 2.17. The van der Waals surface area contributed by atoms with Crippen molar-refractivity contribution in [3.8, 4) is 0 Å². The Morgan fingerprint density at radius 2 is 1.77 bits per heavy atom. The molecule has 4 nitrogen and oxygen atoms in total. The fourth-order valence-corrected chi connectivity index (χ4v) is 2.10. The molecule has 0 saturated heterocycles. The highest BCUT2D eigenvalue weighted by Gasteiger charge is 2.07. The fraction of sp³-hybridized carbons (Fsp3) is 0.176. The molecular weight excluding hydrogens is 300 g/mol. The lowest BCUT2D eigenvalue weighted by atomic mass is 10.1. The van der Waals surface area contributed by atoms with Gasteiger partial charge in [0.25, 0.3) is 5.91 Å². The van der Waals surface area contributed by atoms with Crippen molar-refractivity contribution in [2.24, 2.45) is 0 Å². The average Bonchev–Trinajstić information content (AvgIpc) is 2.54. The fourth-order valence-electron chi connectivity index (χ4n) is 1.90. The van der Waals surface area contributed by atoms with Gasteiger partial charge in [0.2, 0.25) is 5.91 Å². The summed E-state index contributed by atoms with van der Waals surface area (Å²) >= 11 is 6.04. The summed E-state index contributed by atoms with van der Waals surface area (Å²) in [6.45, 7) is 1.93. The molecule has 0 unspecified atom stereocenters. The molecule has 2 rings (SSSR count). The topological polar surface area (TPSA) is 58.2 Å². The van der Waals surface area contributed by atoms with Crippen LogP contribution in [0.3, 0.4) is 0 Å². The molecule has 2 amide bonds. The van der Waals surface area contributed by atoms with Crippen LogP contribution < -0.4 is 10.9 Å². The predicted molar refractivity (Wildman–Crippen MR) is 86.6 cm³/mol. The molecule has 0 heterocycles. The van der Waals surface area contributed by atoms with Gasteiger partial charge in [-0.15, -0.1) is 0 Å². The Morgan fingerprint density at radius 1 is 1.05 bits per heavy atom. The van der Waals surface area contributed by atoms with Crippen LogP contribution >= 0.6 is 11.6 Å². The predicted octanol–water partition coefficient (Wildman–Crippen LogP) is 3.04. The van der Waals surface area contributed by atoms with Crippen LogP contribution in [0.4, 0.5) is 0 Å². The Bertz CT molecular complexity index is 672. The lowest BCUT2D eigenvalue weighted by Crippen LogP contribution is -2.41. The van der Waals surface area contributed by atoms with Crippen LogP contribution in [0.15, 0.2) is 48.5 Å². The standard InChI is InChI=1S/C17H17ClN2O2/c1-12-7-8-13(11-15(12)18)9-10-16(21)19-20-17(22)14-5-3-2-4-6-14/h2-8,11H,9-10H2,1H3,(H,19,21)(H,20,22). The van der Waals surface area contributed by atoms with E-state index in [-0.39, 0.29) is 18.2 Å². The molecule has 0 radical (unpaired) electrons. The van der Waals surface area contributed by atoms with Crippen molar-refractivity contribution in [3.63, 3.8) is 0 Å². The molecule has 0 aliphatic rings. The third-order valence-corrected chi connectivity index (χ3v) is 3.64. The van der Waals surface area contributed by atoms with Crippen molar-refractivity contribution in [1.29, 1.82) is 0 Å². The van der Waals surface area contributed by atoms with E-state index in [0.717, 1.165) is 11.1 Å². The van der Waals surface area contributed by atoms with E-state index in [2.05, 4.69) is 10.9 Å². The molecule has 0 aliphatic heterocycles. The van der Waals surface area contributed by atoms with Crippen molar-refractivity contribution < 1.29 is 9.59 Å². The summed E-state index contributed by atoms with van der Waals surface area (Å²) in [6.07, 6.45) is 0.835. The van der Waals surface area contributed by atoms with Gasteiger partial charge in [0.05, 0.1) is 0 Å². The smallest absolute Gasteiger partial charge is 0.269 e. The second-order valence-corrected chi connectivity index (χ2v) is 5.36. The van der Waals surface area contributed by atoms with Gasteiger partial charge in [0, 0.05) is 17.0 Å². The van der Waals surface area contributed by atoms with Gasteiger partial charge in [0.1, 0.15) is 0 Å². The molecule has 0 saturated carbocycles. The lowest BCUT2D eigenvalue weighted by molar-refractivity contribution is -0.121. The SMILES string of the molecule is Cc1ccc(CCC(=O)NNC(=O)c2ccccc2)cc1Cl. The van der Waals surface area contributed by atoms with Crippen LogP contribution in [0.2, 0.25) is 5.02 Å². The number of carbonyl (C=O) groups is 2. The number of benzene rings is 2. The number of carbonyl (C=O) groups excluding carboxylic acids is 2. The van der Waals surface area contributed by atoms with Gasteiger partial charge in [-0.2, -0.15) is 0 Å². The first-order chi connectivity index (χ1) is 10.6. The molecule has 0 spiro atoms. The molecule has 22 heavy (non-hydrogen) atoms. The summed E-state index contributed by atoms with van der Waals surface area (Å²) in [4.78, 5) is 23.5. The molecule has 0 fully saturated rings. The quantitative estimate of drug-likeness (QED) is 0.852. The Labute approximate surface area is 134 Å². The Hall–Kier alpha value is -2.33. The summed E-state index contributed by atoms with van der Waals surface area (Å²) in [5.74, 6) is -0.590. The highest BCUT2D eigenvalue weighted by atomic mass is 35.5. The summed E-state index contributed by atoms with van der Waals surface area (Å²) in [5, 5.41) is 0.690. The van der Waals surface area contributed by atoms with Crippen LogP contribution in [0.5, 0.6) is 0 Å². The first kappa shape index (κ1) is 16.0. The summed E-state index contributed by atoms with van der Waals surface area (Å²) in [5.41, 5.74) is 7.28. The summed E-state index contributed by atoms with van der Waals surface area (Å²) in [6, 6.07) is 14.4. The highest BCUT2D eigenvalue weighted by molar-refractivity contribution is 6.31. The third kappa shape index (κ3) is 4.60. The van der Waals surface area contributed by atoms with E-state index in [1.54, 1.807) is 24.3 Å². The van der Waals surface area contributed by atoms with Crippen molar-refractivity contribution in [2.75, 3.05) is 0 Å². The minimum absolute atomic E-state index is 0.249. The number of hydrogen-bond acceptors (Lipinski definition) is 2. The molecule has 0 atom stereocenters. The lowest BCUT2D eigenvalue weighted by Gasteiger charge is -2.08. The average molecular weight is 317 g/mol. The van der Waals surface area contributed by atoms with Crippen LogP contribution in [-0.4, -0.2) is 11.8 Å². The Morgan fingerprint density at radius 3 is 2.45 bits per heavy atom. The van der Waals surface area contributed by atoms with E-state index in [0.29, 0.717) is 17.0 Å². The van der Waals surface area contributed by atoms with Gasteiger partial charge < -0.3 is 0 Å². The van der Waals surface area contributed by atoms with Crippen molar-refractivity contribution in [1.82, 2.24) is 10.9 Å². The zero-order valence-corrected chi connectivity index (χ0v) is 13.0. The van der Waals surface area contributed by atoms with E-state index in [1.165, 1.54) is 0 Å². The molecule has 2 aromatic carbocycles. The summed E-state index contributed by atoms with van der Waals surface area (Å²) in [7, 11) is 0. The molecule has 0 aromatic heterocycles. The molecule has 0 aliphatic carbocycles. The van der Waals surface area contributed by atoms with E-state index in [4.69, 9.17) is 11.6 Å². The number of hydrogen-bond donors (Lipinski definition) is 2. The van der Waals surface area contributed by atoms with Gasteiger partial charge >= 0.3 is 0 Å². The number of hydrazine groups is 1. The van der Waals surface area contributed by atoms with Gasteiger partial charge in [-0.05, 0) is 42.7 Å². The van der Waals surface area contributed by atoms with Crippen LogP contribution in [-0.2, 0) is 11.2 Å². The summed E-state index contributed by atoms with van der Waals surface area (Å²) < 4.78 is 0. The maximum atomic E-state index is 11.8. The largest absolute Gasteiger partial charge is 0.273 e. The second-order valence-electron chi connectivity index (χ2n) is 4.95. The monoisotopic (exact) mass is 316 g/mol. The molecule has 2 N–H and O–H groups in total. The van der Waals surface area contributed by atoms with Gasteiger partial charge in [-0.1, -0.05) is 41.9 Å². The second kappa shape index (κ2) is 7.61. The number of aryl methyl sites for hydroxylation is 2. The van der Waals surface area contributed by atoms with Gasteiger partial charge in [0.15, 0.2) is 0 Å². The number of nitrogens with one attached hydrogen (secondary N) is 2. The third-order valence-electron chi connectivity index (χ3n) is 3.23. The van der Waals surface area contributed by atoms with E-state index < -0.39 is 0 Å². The Kier molecular flexibility index (Phi) is 5.55. The van der Waals surface area contributed by atoms with Gasteiger partial charge in [-0.25, -0.2) is 0 Å². The van der Waals surface area contributed by atoms with Gasteiger partial charge in [-0.3, -0.25) is 20.4 Å². The molecule has 5 heteroatoms. The zero-order chi connectivity index (χ0) is 15.9. The first-order valence-corrected chi connectivity index (χ1v) is 7.33. The number of halogens is 1. The molecule has 2 aromatic rings. The van der Waals surface area contributed by atoms with E-state index in [9.17, 15) is 9.59 Å². The molecular formula is C17H17ClN2O2. The number of amides is 2. The Balaban J connectivity index is 1.78. The van der Waals surface area contributed by atoms with Crippen molar-refractivity contribution in [3.05, 3.63) is 70.2 Å². The first-order valence-electron chi connectivity index (χ1n) is 6.95. The van der Waals surface area contributed by atoms with Crippen LogP contribution in [0.25, 0.3) is 0 Å². The zero-order valence-electron chi connectivity index (χ0n) is 12.2. The normalized spacial score (nSPS) is 10.1. The van der Waals surface area contributed by atoms with Crippen molar-refractivity contribution >= 4 is 23.4 Å². The van der Waals surface area contributed by atoms with Crippen LogP contribution in [0, 0.1) is 6.92 Å². The minimum Gasteiger partial charge on any atom is -0.273 e. The number of rotatable bonds is 4. The molecule has 0 bridgehead atoms. The maximum Gasteiger partial charge on any atom is 0.269 e. The minimum atomic E-state index is -0.340. The van der Waals surface area contributed by atoms with E-state index >= 15 is 0 Å². The molecule has 114 valence electrons. The van der Waals surface area contributed by atoms with Crippen LogP contribution in [0.1, 0.15) is 27.9 Å².